The summed E-state index contributed by atoms with van der Waals surface area (Å²) in [5, 5.41) is 0.636. The van der Waals surface area contributed by atoms with E-state index in [4.69, 9.17) is 5.73 Å². The van der Waals surface area contributed by atoms with Crippen molar-refractivity contribution in [3.05, 3.63) is 76.4 Å². The number of piperidine rings is 1. The quantitative estimate of drug-likeness (QED) is 0.643. The van der Waals surface area contributed by atoms with Crippen LogP contribution in [0.4, 0.5) is 9.52 Å². The van der Waals surface area contributed by atoms with Crippen LogP contribution in [0.5, 0.6) is 0 Å². The molecule has 1 aliphatic rings. The van der Waals surface area contributed by atoms with Crippen molar-refractivity contribution in [3.63, 3.8) is 0 Å². The molecule has 28 heavy (non-hydrogen) atoms. The zero-order valence-corrected chi connectivity index (χ0v) is 16.6. The first-order valence-electron chi connectivity index (χ1n) is 9.65. The van der Waals surface area contributed by atoms with Gasteiger partial charge < -0.3 is 10.6 Å². The highest BCUT2D eigenvalue weighted by molar-refractivity contribution is 7.15. The van der Waals surface area contributed by atoms with E-state index in [9.17, 15) is 4.39 Å². The number of anilines is 1. The zero-order chi connectivity index (χ0) is 19.3. The maximum absolute atomic E-state index is 13.0. The molecule has 0 unspecified atom stereocenters. The summed E-state index contributed by atoms with van der Waals surface area (Å²) in [6, 6.07) is 17.0. The normalized spacial score (nSPS) is 15.0. The molecule has 0 aliphatic carbocycles. The third-order valence-corrected chi connectivity index (χ3v) is 6.10. The van der Waals surface area contributed by atoms with Crippen molar-refractivity contribution in [1.82, 2.24) is 9.88 Å². The van der Waals surface area contributed by atoms with Gasteiger partial charge in [-0.2, -0.15) is 0 Å². The molecule has 0 amide bonds. The topological polar surface area (TPSA) is 42.1 Å². The van der Waals surface area contributed by atoms with E-state index in [0.717, 1.165) is 55.7 Å². The maximum Gasteiger partial charge on any atom is 0.180 e. The first-order chi connectivity index (χ1) is 13.7. The van der Waals surface area contributed by atoms with Gasteiger partial charge in [-0.3, -0.25) is 0 Å². The molecule has 1 fully saturated rings. The van der Waals surface area contributed by atoms with Crippen LogP contribution in [-0.2, 0) is 6.42 Å². The highest BCUT2D eigenvalue weighted by Crippen LogP contribution is 2.30. The highest BCUT2D eigenvalue weighted by atomic mass is 32.1. The van der Waals surface area contributed by atoms with Crippen LogP contribution in [0.1, 0.15) is 23.3 Å². The highest BCUT2D eigenvalue weighted by Gasteiger charge is 2.16. The molecule has 0 spiro atoms. The summed E-state index contributed by atoms with van der Waals surface area (Å²) in [5.41, 5.74) is 10.7. The fourth-order valence-corrected chi connectivity index (χ4v) is 4.47. The number of benzene rings is 2. The zero-order valence-electron chi connectivity index (χ0n) is 15.8. The molecule has 1 aromatic heterocycles. The van der Waals surface area contributed by atoms with Crippen LogP contribution in [0.3, 0.4) is 0 Å². The monoisotopic (exact) mass is 393 g/mol. The second kappa shape index (κ2) is 8.67. The second-order valence-electron chi connectivity index (χ2n) is 7.14. The molecule has 3 nitrogen and oxygen atoms in total. The van der Waals surface area contributed by atoms with Gasteiger partial charge in [0.1, 0.15) is 5.82 Å². The van der Waals surface area contributed by atoms with Crippen molar-refractivity contribution >= 4 is 22.5 Å². The Bertz CT molecular complexity index is 938. The van der Waals surface area contributed by atoms with Gasteiger partial charge >= 0.3 is 0 Å². The van der Waals surface area contributed by atoms with E-state index in [2.05, 4.69) is 28.1 Å². The van der Waals surface area contributed by atoms with E-state index in [1.165, 1.54) is 22.6 Å². The number of halogens is 1. The third kappa shape index (κ3) is 4.66. The van der Waals surface area contributed by atoms with Crippen LogP contribution < -0.4 is 5.73 Å². The van der Waals surface area contributed by atoms with E-state index in [1.54, 1.807) is 11.3 Å². The number of nitrogens with zero attached hydrogens (tertiary/aromatic N) is 2. The lowest BCUT2D eigenvalue weighted by Crippen LogP contribution is -2.32. The largest absolute Gasteiger partial charge is 0.375 e. The molecule has 0 bridgehead atoms. The van der Waals surface area contributed by atoms with Crippen molar-refractivity contribution in [2.75, 3.05) is 25.4 Å². The Labute approximate surface area is 169 Å². The molecular formula is C23H24FN3S. The minimum absolute atomic E-state index is 0.185. The summed E-state index contributed by atoms with van der Waals surface area (Å²) >= 11 is 1.60. The van der Waals surface area contributed by atoms with Crippen LogP contribution >= 0.6 is 11.3 Å². The molecule has 2 aromatic carbocycles. The number of rotatable bonds is 5. The molecule has 3 aromatic rings. The van der Waals surface area contributed by atoms with E-state index >= 15 is 0 Å². The van der Waals surface area contributed by atoms with Gasteiger partial charge in [0.2, 0.25) is 0 Å². The summed E-state index contributed by atoms with van der Waals surface area (Å²) < 4.78 is 13.0. The molecule has 2 N–H and O–H groups in total. The standard InChI is InChI=1S/C23H24FN3S/c24-20-8-6-17(7-9-20)16-18-10-13-27(14-11-18)15-12-21-22(26-23(25)28-21)19-4-2-1-3-5-19/h1-9,16H,10-15H2,(H2,25,26). The van der Waals surface area contributed by atoms with Crippen LogP contribution in [0.2, 0.25) is 0 Å². The predicted octanol–water partition coefficient (Wildman–Crippen LogP) is 5.25. The second-order valence-corrected chi connectivity index (χ2v) is 8.25. The first-order valence-corrected chi connectivity index (χ1v) is 10.5. The van der Waals surface area contributed by atoms with Crippen LogP contribution in [0.15, 0.2) is 60.2 Å². The molecule has 4 rings (SSSR count). The van der Waals surface area contributed by atoms with Gasteiger partial charge in [-0.1, -0.05) is 54.1 Å². The van der Waals surface area contributed by atoms with Gasteiger partial charge in [0.05, 0.1) is 5.69 Å². The predicted molar refractivity (Wildman–Crippen MR) is 116 cm³/mol. The number of thiazole rings is 1. The lowest BCUT2D eigenvalue weighted by Gasteiger charge is -2.28. The molecule has 144 valence electrons. The SMILES string of the molecule is Nc1nc(-c2ccccc2)c(CCN2CCC(=Cc3ccc(F)cc3)CC2)s1. The Balaban J connectivity index is 1.34. The third-order valence-electron chi connectivity index (χ3n) is 5.16. The molecule has 2 heterocycles. The molecule has 0 saturated carbocycles. The van der Waals surface area contributed by atoms with E-state index in [-0.39, 0.29) is 5.82 Å². The minimum atomic E-state index is -0.185. The van der Waals surface area contributed by atoms with Crippen molar-refractivity contribution in [1.29, 1.82) is 0 Å². The van der Waals surface area contributed by atoms with Gasteiger partial charge in [-0.05, 0) is 37.0 Å². The number of likely N-dealkylation sites (tertiary alicyclic amines) is 1. The lowest BCUT2D eigenvalue weighted by molar-refractivity contribution is 0.261. The van der Waals surface area contributed by atoms with Gasteiger partial charge in [-0.15, -0.1) is 11.3 Å². The summed E-state index contributed by atoms with van der Waals surface area (Å²) in [4.78, 5) is 8.32. The number of nitrogens with two attached hydrogens (primary N) is 1. The van der Waals surface area contributed by atoms with Crippen LogP contribution in [0.25, 0.3) is 17.3 Å². The van der Waals surface area contributed by atoms with Crippen molar-refractivity contribution < 1.29 is 4.39 Å². The summed E-state index contributed by atoms with van der Waals surface area (Å²) in [7, 11) is 0. The minimum Gasteiger partial charge on any atom is -0.375 e. The van der Waals surface area contributed by atoms with E-state index in [1.807, 2.05) is 30.3 Å². The number of hydrogen-bond donors (Lipinski definition) is 1. The Kier molecular flexibility index (Phi) is 5.84. The van der Waals surface area contributed by atoms with Crippen molar-refractivity contribution in [2.24, 2.45) is 0 Å². The molecule has 1 aliphatic heterocycles. The maximum atomic E-state index is 13.0. The average molecular weight is 394 g/mol. The molecule has 1 saturated heterocycles. The Morgan fingerprint density at radius 2 is 1.75 bits per heavy atom. The Morgan fingerprint density at radius 3 is 2.46 bits per heavy atom. The van der Waals surface area contributed by atoms with Gasteiger partial charge in [0.15, 0.2) is 5.13 Å². The molecule has 0 radical (unpaired) electrons. The van der Waals surface area contributed by atoms with Crippen LogP contribution in [-0.4, -0.2) is 29.5 Å². The smallest absolute Gasteiger partial charge is 0.180 e. The summed E-state index contributed by atoms with van der Waals surface area (Å²) in [6.45, 7) is 3.13. The summed E-state index contributed by atoms with van der Waals surface area (Å²) in [5.74, 6) is -0.185. The first kappa shape index (κ1) is 18.8. The fourth-order valence-electron chi connectivity index (χ4n) is 3.62. The fraction of sp³-hybridized carbons (Fsp3) is 0.261. The number of aromatic nitrogens is 1. The van der Waals surface area contributed by atoms with Gasteiger partial charge in [0.25, 0.3) is 0 Å². The molecular weight excluding hydrogens is 369 g/mol. The van der Waals surface area contributed by atoms with Crippen molar-refractivity contribution in [2.45, 2.75) is 19.3 Å². The van der Waals surface area contributed by atoms with Gasteiger partial charge in [-0.25, -0.2) is 9.37 Å². The number of hydrogen-bond acceptors (Lipinski definition) is 4. The van der Waals surface area contributed by atoms with Crippen LogP contribution in [0, 0.1) is 5.82 Å². The summed E-state index contributed by atoms with van der Waals surface area (Å²) in [6.07, 6.45) is 5.30. The van der Waals surface area contributed by atoms with E-state index in [0.29, 0.717) is 5.13 Å². The lowest BCUT2D eigenvalue weighted by atomic mass is 10.0. The molecule has 5 heteroatoms. The number of nitrogen functional groups attached to an aromatic ring is 1. The molecule has 0 atom stereocenters. The Morgan fingerprint density at radius 1 is 1.04 bits per heavy atom. The Hall–Kier alpha value is -2.50. The van der Waals surface area contributed by atoms with Gasteiger partial charge in [0, 0.05) is 30.1 Å². The van der Waals surface area contributed by atoms with E-state index < -0.39 is 0 Å². The van der Waals surface area contributed by atoms with Crippen molar-refractivity contribution in [3.8, 4) is 11.3 Å². The average Bonchev–Trinajstić information content (AvgIpc) is 3.10.